The molecule has 0 aromatic carbocycles. The van der Waals surface area contributed by atoms with Gasteiger partial charge in [-0.2, -0.15) is 0 Å². The molecule has 1 aliphatic heterocycles. The van der Waals surface area contributed by atoms with Crippen LogP contribution in [0.2, 0.25) is 0 Å². The Labute approximate surface area is 141 Å². The van der Waals surface area contributed by atoms with E-state index in [9.17, 15) is 14.7 Å². The van der Waals surface area contributed by atoms with Gasteiger partial charge in [0.15, 0.2) is 5.84 Å². The first-order valence-corrected chi connectivity index (χ1v) is 8.01. The molecule has 7 nitrogen and oxygen atoms in total. The van der Waals surface area contributed by atoms with Crippen molar-refractivity contribution >= 4 is 17.7 Å². The summed E-state index contributed by atoms with van der Waals surface area (Å²) < 4.78 is 5.42. The van der Waals surface area contributed by atoms with E-state index in [0.717, 1.165) is 6.42 Å². The lowest BCUT2D eigenvalue weighted by molar-refractivity contribution is -0.124. The van der Waals surface area contributed by atoms with Crippen LogP contribution in [0.3, 0.4) is 0 Å². The lowest BCUT2D eigenvalue weighted by Crippen LogP contribution is -2.41. The summed E-state index contributed by atoms with van der Waals surface area (Å²) in [6, 6.07) is 1.51. The van der Waals surface area contributed by atoms with Crippen LogP contribution in [0.5, 0.6) is 0 Å². The molecule has 0 fully saturated rings. The number of carboxylic acid groups (broad SMARTS) is 1. The molecule has 2 N–H and O–H groups in total. The number of amides is 1. The molecule has 24 heavy (non-hydrogen) atoms. The summed E-state index contributed by atoms with van der Waals surface area (Å²) in [5.74, 6) is -1.19. The number of ether oxygens (including phenoxy) is 1. The summed E-state index contributed by atoms with van der Waals surface area (Å²) in [5, 5.41) is 12.1. The number of hydrogen-bond acceptors (Lipinski definition) is 5. The van der Waals surface area contributed by atoms with E-state index in [1.165, 1.54) is 6.07 Å². The van der Waals surface area contributed by atoms with Crippen molar-refractivity contribution < 1.29 is 19.4 Å². The monoisotopic (exact) mass is 333 g/mol. The van der Waals surface area contributed by atoms with Gasteiger partial charge in [0.2, 0.25) is 0 Å². The maximum absolute atomic E-state index is 12.2. The van der Waals surface area contributed by atoms with E-state index >= 15 is 0 Å². The van der Waals surface area contributed by atoms with Gasteiger partial charge in [0.05, 0.1) is 12.2 Å². The summed E-state index contributed by atoms with van der Waals surface area (Å²) in [6.45, 7) is 8.41. The number of aromatic nitrogens is 1. The van der Waals surface area contributed by atoms with Gasteiger partial charge in [0.1, 0.15) is 11.2 Å². The Bertz CT molecular complexity index is 684. The number of nitrogens with zero attached hydrogens (tertiary/aromatic N) is 2. The first-order valence-electron chi connectivity index (χ1n) is 8.01. The Hall–Kier alpha value is -2.28. The Morgan fingerprint density at radius 3 is 2.71 bits per heavy atom. The molecule has 0 spiro atoms. The summed E-state index contributed by atoms with van der Waals surface area (Å²) in [4.78, 5) is 32.4. The van der Waals surface area contributed by atoms with Gasteiger partial charge in [-0.3, -0.25) is 9.78 Å². The molecule has 130 valence electrons. The molecular weight excluding hydrogens is 310 g/mol. The Kier molecular flexibility index (Phi) is 5.33. The van der Waals surface area contributed by atoms with Crippen LogP contribution in [0.1, 0.15) is 55.7 Å². The number of carbonyl (C=O) groups is 2. The third kappa shape index (κ3) is 3.46. The maximum atomic E-state index is 12.2. The number of pyridine rings is 1. The van der Waals surface area contributed by atoms with Crippen LogP contribution >= 0.6 is 0 Å². The molecule has 1 aromatic heterocycles. The van der Waals surface area contributed by atoms with Gasteiger partial charge in [-0.1, -0.05) is 20.8 Å². The molecule has 7 heteroatoms. The van der Waals surface area contributed by atoms with Crippen LogP contribution < -0.4 is 5.32 Å². The van der Waals surface area contributed by atoms with Crippen molar-refractivity contribution in [3.63, 3.8) is 0 Å². The average Bonchev–Trinajstić information content (AvgIpc) is 2.84. The number of carbonyl (C=O) groups excluding carboxylic acids is 1. The van der Waals surface area contributed by atoms with Gasteiger partial charge in [0.25, 0.3) is 5.91 Å². The van der Waals surface area contributed by atoms with E-state index in [4.69, 9.17) is 4.74 Å². The Morgan fingerprint density at radius 1 is 1.46 bits per heavy atom. The molecule has 0 radical (unpaired) electrons. The molecule has 0 aliphatic carbocycles. The minimum atomic E-state index is -1.12. The minimum Gasteiger partial charge on any atom is -0.478 e. The van der Waals surface area contributed by atoms with E-state index < -0.39 is 11.5 Å². The highest BCUT2D eigenvalue weighted by atomic mass is 16.5. The molecule has 0 saturated heterocycles. The van der Waals surface area contributed by atoms with E-state index in [0.29, 0.717) is 18.8 Å². The summed E-state index contributed by atoms with van der Waals surface area (Å²) in [7, 11) is 0. The molecule has 1 amide bonds. The number of amidine groups is 1. The minimum absolute atomic E-state index is 0.000320. The lowest BCUT2D eigenvalue weighted by Gasteiger charge is -2.21. The van der Waals surface area contributed by atoms with Crippen molar-refractivity contribution in [1.82, 2.24) is 10.3 Å². The van der Waals surface area contributed by atoms with Gasteiger partial charge < -0.3 is 15.2 Å². The maximum Gasteiger partial charge on any atom is 0.338 e. The molecule has 2 heterocycles. The number of aliphatic imine (C=N–C) groups is 1. The van der Waals surface area contributed by atoms with Crippen LogP contribution in [0.4, 0.5) is 0 Å². The van der Waals surface area contributed by atoms with Crippen molar-refractivity contribution in [1.29, 1.82) is 0 Å². The highest BCUT2D eigenvalue weighted by molar-refractivity contribution is 6.17. The molecule has 1 aromatic rings. The van der Waals surface area contributed by atoms with E-state index in [-0.39, 0.29) is 28.9 Å². The molecule has 0 saturated carbocycles. The molecule has 1 unspecified atom stereocenters. The van der Waals surface area contributed by atoms with Crippen molar-refractivity contribution in [2.24, 2.45) is 10.9 Å². The van der Waals surface area contributed by atoms with Gasteiger partial charge >= 0.3 is 5.97 Å². The molecule has 0 bridgehead atoms. The largest absolute Gasteiger partial charge is 0.478 e. The third-order valence-electron chi connectivity index (χ3n) is 4.18. The second-order valence-corrected chi connectivity index (χ2v) is 6.31. The predicted molar refractivity (Wildman–Crippen MR) is 89.1 cm³/mol. The Morgan fingerprint density at radius 2 is 2.17 bits per heavy atom. The van der Waals surface area contributed by atoms with Crippen LogP contribution in [0.25, 0.3) is 0 Å². The van der Waals surface area contributed by atoms with Gasteiger partial charge in [-0.25, -0.2) is 9.79 Å². The van der Waals surface area contributed by atoms with Crippen molar-refractivity contribution in [2.75, 3.05) is 6.61 Å². The number of aromatic carboxylic acids is 1. The quantitative estimate of drug-likeness (QED) is 0.743. The molecule has 1 aliphatic rings. The van der Waals surface area contributed by atoms with Gasteiger partial charge in [-0.05, 0) is 30.9 Å². The fraction of sp³-hybridized carbons (Fsp3) is 0.529. The van der Waals surface area contributed by atoms with Crippen LogP contribution in [-0.4, -0.2) is 39.9 Å². The molecular formula is C17H23N3O4. The van der Waals surface area contributed by atoms with Crippen molar-refractivity contribution in [3.8, 4) is 0 Å². The molecule has 1 atom stereocenters. The second-order valence-electron chi connectivity index (χ2n) is 6.31. The highest BCUT2D eigenvalue weighted by Crippen LogP contribution is 2.27. The predicted octanol–water partition coefficient (Wildman–Crippen LogP) is 2.00. The third-order valence-corrected chi connectivity index (χ3v) is 4.18. The van der Waals surface area contributed by atoms with Gasteiger partial charge in [0, 0.05) is 12.8 Å². The average molecular weight is 333 g/mol. The fourth-order valence-electron chi connectivity index (χ4n) is 2.32. The summed E-state index contributed by atoms with van der Waals surface area (Å²) in [5.41, 5.74) is -0.0874. The SMILES string of the molecule is CCCOCc1cnc(C2=NC(C)(C(C)C)C(=O)N2)c(C(=O)O)c1. The zero-order valence-electron chi connectivity index (χ0n) is 14.4. The zero-order valence-corrected chi connectivity index (χ0v) is 14.4. The van der Waals surface area contributed by atoms with Crippen molar-refractivity contribution in [3.05, 3.63) is 29.1 Å². The summed E-state index contributed by atoms with van der Waals surface area (Å²) >= 11 is 0. The fourth-order valence-corrected chi connectivity index (χ4v) is 2.32. The number of nitrogens with one attached hydrogen (secondary N) is 1. The smallest absolute Gasteiger partial charge is 0.338 e. The first kappa shape index (κ1) is 18.1. The molecule has 2 rings (SSSR count). The second kappa shape index (κ2) is 7.09. The highest BCUT2D eigenvalue weighted by Gasteiger charge is 2.43. The van der Waals surface area contributed by atoms with Crippen LogP contribution in [0, 0.1) is 5.92 Å². The van der Waals surface area contributed by atoms with E-state index in [1.54, 1.807) is 13.1 Å². The first-order chi connectivity index (χ1) is 11.3. The van der Waals surface area contributed by atoms with Gasteiger partial charge in [-0.15, -0.1) is 0 Å². The van der Waals surface area contributed by atoms with E-state index in [2.05, 4.69) is 15.3 Å². The number of rotatable bonds is 7. The van der Waals surface area contributed by atoms with Crippen LogP contribution in [-0.2, 0) is 16.1 Å². The van der Waals surface area contributed by atoms with Crippen LogP contribution in [0.15, 0.2) is 17.3 Å². The topological polar surface area (TPSA) is 101 Å². The van der Waals surface area contributed by atoms with Crippen molar-refractivity contribution in [2.45, 2.75) is 46.3 Å². The summed E-state index contributed by atoms with van der Waals surface area (Å²) in [6.07, 6.45) is 2.44. The zero-order chi connectivity index (χ0) is 17.9. The Balaban J connectivity index is 2.37. The lowest BCUT2D eigenvalue weighted by atomic mass is 9.89. The standard InChI is InChI=1S/C17H23N3O4/c1-5-6-24-9-11-7-12(15(21)22)13(18-8-11)14-19-16(23)17(4,20-14)10(2)3/h7-8,10H,5-6,9H2,1-4H3,(H,21,22)(H,19,20,23). The normalized spacial score (nSPS) is 20.2. The van der Waals surface area contributed by atoms with E-state index in [1.807, 2.05) is 20.8 Å². The number of carboxylic acids is 1. The number of hydrogen-bond donors (Lipinski definition) is 2.